The molecule has 0 amide bonds. The number of hydrogen-bond donors (Lipinski definition) is 1. The van der Waals surface area contributed by atoms with Crippen molar-refractivity contribution >= 4 is 17.3 Å². The minimum Gasteiger partial charge on any atom is -0.383 e. The summed E-state index contributed by atoms with van der Waals surface area (Å²) in [6.07, 6.45) is 2.29. The van der Waals surface area contributed by atoms with E-state index in [4.69, 9.17) is 16.3 Å². The van der Waals surface area contributed by atoms with Gasteiger partial charge in [0.25, 0.3) is 0 Å². The van der Waals surface area contributed by atoms with Crippen molar-refractivity contribution < 1.29 is 4.74 Å². The number of anilines is 1. The lowest BCUT2D eigenvalue weighted by molar-refractivity contribution is 0.0699. The summed E-state index contributed by atoms with van der Waals surface area (Å²) in [7, 11) is 0. The molecular weight excluding hydrogens is 224 g/mol. The smallest absolute Gasteiger partial charge is 0.129 e. The molecule has 1 aromatic rings. The molecule has 16 heavy (non-hydrogen) atoms. The molecule has 0 spiro atoms. The van der Waals surface area contributed by atoms with Crippen molar-refractivity contribution in [2.24, 2.45) is 5.92 Å². The maximum absolute atomic E-state index is 5.81. The second kappa shape index (κ2) is 5.51. The first-order chi connectivity index (χ1) is 7.75. The summed E-state index contributed by atoms with van der Waals surface area (Å²) in [5.74, 6) is 0.712. The lowest BCUT2D eigenvalue weighted by Gasteiger charge is -2.23. The van der Waals surface area contributed by atoms with E-state index in [1.165, 1.54) is 0 Å². The normalized spacial score (nSPS) is 17.4. The van der Waals surface area contributed by atoms with Gasteiger partial charge < -0.3 is 10.1 Å². The van der Waals surface area contributed by atoms with Crippen molar-refractivity contribution in [3.05, 3.63) is 23.0 Å². The number of aryl methyl sites for hydroxylation is 1. The predicted molar refractivity (Wildman–Crippen MR) is 66.0 cm³/mol. The van der Waals surface area contributed by atoms with Gasteiger partial charge in [-0.15, -0.1) is 0 Å². The van der Waals surface area contributed by atoms with Crippen LogP contribution in [0, 0.1) is 12.8 Å². The number of halogens is 1. The molecule has 1 fully saturated rings. The van der Waals surface area contributed by atoms with Crippen molar-refractivity contribution in [3.63, 3.8) is 0 Å². The fourth-order valence-corrected chi connectivity index (χ4v) is 2.11. The highest BCUT2D eigenvalue weighted by Crippen LogP contribution is 2.19. The van der Waals surface area contributed by atoms with Crippen molar-refractivity contribution in [1.82, 2.24) is 4.98 Å². The number of nitrogens with one attached hydrogen (secondary N) is 1. The van der Waals surface area contributed by atoms with Crippen molar-refractivity contribution in [2.45, 2.75) is 19.8 Å². The Labute approximate surface area is 101 Å². The number of hydrogen-bond acceptors (Lipinski definition) is 3. The van der Waals surface area contributed by atoms with Crippen LogP contribution < -0.4 is 5.32 Å². The number of pyridine rings is 1. The van der Waals surface area contributed by atoms with Crippen LogP contribution >= 0.6 is 11.6 Å². The van der Waals surface area contributed by atoms with Gasteiger partial charge in [0.1, 0.15) is 5.15 Å². The predicted octanol–water partition coefficient (Wildman–Crippen LogP) is 2.88. The minimum atomic E-state index is 0.550. The number of aromatic nitrogens is 1. The van der Waals surface area contributed by atoms with Gasteiger partial charge in [0.05, 0.1) is 11.4 Å². The Morgan fingerprint density at radius 2 is 2.19 bits per heavy atom. The molecule has 1 N–H and O–H groups in total. The Morgan fingerprint density at radius 3 is 2.88 bits per heavy atom. The van der Waals surface area contributed by atoms with E-state index in [0.717, 1.165) is 44.0 Å². The van der Waals surface area contributed by atoms with Crippen LogP contribution in [0.1, 0.15) is 18.5 Å². The fourth-order valence-electron chi connectivity index (χ4n) is 1.92. The van der Waals surface area contributed by atoms with E-state index in [0.29, 0.717) is 11.1 Å². The first kappa shape index (κ1) is 11.7. The van der Waals surface area contributed by atoms with E-state index >= 15 is 0 Å². The van der Waals surface area contributed by atoms with Crippen LogP contribution in [0.25, 0.3) is 0 Å². The zero-order chi connectivity index (χ0) is 11.4. The molecule has 88 valence electrons. The van der Waals surface area contributed by atoms with Gasteiger partial charge in [-0.1, -0.05) is 11.6 Å². The molecule has 0 bridgehead atoms. The molecule has 0 aliphatic carbocycles. The largest absolute Gasteiger partial charge is 0.383 e. The van der Waals surface area contributed by atoms with Crippen LogP contribution in [0.15, 0.2) is 12.1 Å². The van der Waals surface area contributed by atoms with Gasteiger partial charge in [0, 0.05) is 19.8 Å². The molecule has 2 heterocycles. The summed E-state index contributed by atoms with van der Waals surface area (Å²) in [5.41, 5.74) is 2.04. The van der Waals surface area contributed by atoms with Gasteiger partial charge >= 0.3 is 0 Å². The van der Waals surface area contributed by atoms with Gasteiger partial charge in [-0.3, -0.25) is 0 Å². The topological polar surface area (TPSA) is 34.2 Å². The van der Waals surface area contributed by atoms with Crippen LogP contribution in [0.5, 0.6) is 0 Å². The SMILES string of the molecule is Cc1nc(Cl)ccc1NCC1CCOCC1. The Kier molecular flexibility index (Phi) is 4.02. The van der Waals surface area contributed by atoms with Crippen molar-refractivity contribution in [1.29, 1.82) is 0 Å². The van der Waals surface area contributed by atoms with Crippen LogP contribution in [-0.4, -0.2) is 24.7 Å². The molecule has 0 radical (unpaired) electrons. The molecule has 0 atom stereocenters. The van der Waals surface area contributed by atoms with E-state index in [-0.39, 0.29) is 0 Å². The van der Waals surface area contributed by atoms with Gasteiger partial charge in [-0.2, -0.15) is 0 Å². The van der Waals surface area contributed by atoms with Crippen LogP contribution in [0.2, 0.25) is 5.15 Å². The zero-order valence-electron chi connectivity index (χ0n) is 9.50. The third-order valence-electron chi connectivity index (χ3n) is 2.97. The molecule has 0 saturated carbocycles. The second-order valence-corrected chi connectivity index (χ2v) is 4.59. The number of nitrogens with zero attached hydrogens (tertiary/aromatic N) is 1. The minimum absolute atomic E-state index is 0.550. The quantitative estimate of drug-likeness (QED) is 0.825. The third kappa shape index (κ3) is 3.09. The highest BCUT2D eigenvalue weighted by Gasteiger charge is 2.13. The highest BCUT2D eigenvalue weighted by molar-refractivity contribution is 6.29. The summed E-state index contributed by atoms with van der Waals surface area (Å²) in [6.45, 7) is 4.75. The average Bonchev–Trinajstić information content (AvgIpc) is 2.29. The molecule has 1 aromatic heterocycles. The van der Waals surface area contributed by atoms with Gasteiger partial charge in [-0.25, -0.2) is 4.98 Å². The van der Waals surface area contributed by atoms with Crippen LogP contribution in [0.3, 0.4) is 0 Å². The summed E-state index contributed by atoms with van der Waals surface area (Å²) < 4.78 is 5.33. The van der Waals surface area contributed by atoms with Gasteiger partial charge in [-0.05, 0) is 37.8 Å². The van der Waals surface area contributed by atoms with Crippen molar-refractivity contribution in [3.8, 4) is 0 Å². The maximum Gasteiger partial charge on any atom is 0.129 e. The van der Waals surface area contributed by atoms with Gasteiger partial charge in [0.2, 0.25) is 0 Å². The lowest BCUT2D eigenvalue weighted by Crippen LogP contribution is -2.22. The Bertz CT molecular complexity index is 351. The molecule has 1 aliphatic heterocycles. The van der Waals surface area contributed by atoms with Crippen LogP contribution in [-0.2, 0) is 4.74 Å². The Hall–Kier alpha value is -0.800. The molecule has 4 heteroatoms. The standard InChI is InChI=1S/C12H17ClN2O/c1-9-11(2-3-12(13)15-9)14-8-10-4-6-16-7-5-10/h2-3,10,14H,4-8H2,1H3. The lowest BCUT2D eigenvalue weighted by atomic mass is 10.0. The average molecular weight is 241 g/mol. The van der Waals surface area contributed by atoms with E-state index < -0.39 is 0 Å². The first-order valence-electron chi connectivity index (χ1n) is 5.70. The molecule has 1 saturated heterocycles. The second-order valence-electron chi connectivity index (χ2n) is 4.20. The molecule has 0 aromatic carbocycles. The Balaban J connectivity index is 1.88. The molecule has 2 rings (SSSR count). The third-order valence-corrected chi connectivity index (χ3v) is 3.18. The van der Waals surface area contributed by atoms with E-state index in [9.17, 15) is 0 Å². The maximum atomic E-state index is 5.81. The van der Waals surface area contributed by atoms with Crippen molar-refractivity contribution in [2.75, 3.05) is 25.1 Å². The van der Waals surface area contributed by atoms with Gasteiger partial charge in [0.15, 0.2) is 0 Å². The monoisotopic (exact) mass is 240 g/mol. The summed E-state index contributed by atoms with van der Waals surface area (Å²) in [6, 6.07) is 3.81. The zero-order valence-corrected chi connectivity index (χ0v) is 10.3. The number of ether oxygens (including phenoxy) is 1. The fraction of sp³-hybridized carbons (Fsp3) is 0.583. The van der Waals surface area contributed by atoms with E-state index in [1.807, 2.05) is 19.1 Å². The van der Waals surface area contributed by atoms with E-state index in [1.54, 1.807) is 0 Å². The summed E-state index contributed by atoms with van der Waals surface area (Å²) >= 11 is 5.81. The molecule has 3 nitrogen and oxygen atoms in total. The van der Waals surface area contributed by atoms with Crippen LogP contribution in [0.4, 0.5) is 5.69 Å². The molecular formula is C12H17ClN2O. The highest BCUT2D eigenvalue weighted by atomic mass is 35.5. The first-order valence-corrected chi connectivity index (χ1v) is 6.08. The summed E-state index contributed by atoms with van der Waals surface area (Å²) in [5, 5.41) is 3.98. The van der Waals surface area contributed by atoms with E-state index in [2.05, 4.69) is 10.3 Å². The number of rotatable bonds is 3. The Morgan fingerprint density at radius 1 is 1.44 bits per heavy atom. The summed E-state index contributed by atoms with van der Waals surface area (Å²) in [4.78, 5) is 4.22. The molecule has 0 unspecified atom stereocenters. The molecule has 1 aliphatic rings.